The summed E-state index contributed by atoms with van der Waals surface area (Å²) < 4.78 is 17.0. The van der Waals surface area contributed by atoms with E-state index in [0.29, 0.717) is 19.3 Å². The average molecular weight is 1150 g/mol. The molecule has 0 amide bonds. The molecule has 1 unspecified atom stereocenters. The van der Waals surface area contributed by atoms with E-state index in [-0.39, 0.29) is 31.1 Å². The zero-order valence-electron chi connectivity index (χ0n) is 54.7. The van der Waals surface area contributed by atoms with Crippen LogP contribution in [0.2, 0.25) is 0 Å². The fraction of sp³-hybridized carbons (Fsp3) is 0.727. The summed E-state index contributed by atoms with van der Waals surface area (Å²) in [5, 5.41) is 0. The van der Waals surface area contributed by atoms with Crippen molar-refractivity contribution in [3.8, 4) is 0 Å². The van der Waals surface area contributed by atoms with Crippen LogP contribution in [-0.2, 0) is 28.6 Å². The smallest absolute Gasteiger partial charge is 0.306 e. The first-order chi connectivity index (χ1) is 41.0. The molecule has 0 rings (SSSR count). The Morgan fingerprint density at radius 2 is 0.470 bits per heavy atom. The Morgan fingerprint density at radius 1 is 0.253 bits per heavy atom. The Balaban J connectivity index is 4.41. The maximum absolute atomic E-state index is 13.0. The van der Waals surface area contributed by atoms with Crippen molar-refractivity contribution < 1.29 is 28.6 Å². The van der Waals surface area contributed by atoms with Gasteiger partial charge >= 0.3 is 17.9 Å². The Hall–Kier alpha value is -3.93. The van der Waals surface area contributed by atoms with E-state index in [0.717, 1.165) is 109 Å². The summed E-state index contributed by atoms with van der Waals surface area (Å²) >= 11 is 0. The molecule has 0 N–H and O–H groups in total. The van der Waals surface area contributed by atoms with Crippen LogP contribution >= 0.6 is 0 Å². The van der Waals surface area contributed by atoms with Crippen LogP contribution in [0.25, 0.3) is 0 Å². The van der Waals surface area contributed by atoms with Gasteiger partial charge in [-0.2, -0.15) is 0 Å². The minimum atomic E-state index is -0.790. The van der Waals surface area contributed by atoms with Crippen molar-refractivity contribution in [1.82, 2.24) is 0 Å². The van der Waals surface area contributed by atoms with Crippen LogP contribution < -0.4 is 0 Å². The molecule has 0 saturated heterocycles. The lowest BCUT2D eigenvalue weighted by Gasteiger charge is -2.18. The summed E-state index contributed by atoms with van der Waals surface area (Å²) in [5.41, 5.74) is 0. The van der Waals surface area contributed by atoms with E-state index in [1.54, 1.807) is 0 Å². The van der Waals surface area contributed by atoms with Gasteiger partial charge in [0, 0.05) is 19.3 Å². The van der Waals surface area contributed by atoms with Crippen LogP contribution in [0.4, 0.5) is 0 Å². The highest BCUT2D eigenvalue weighted by Gasteiger charge is 2.19. The van der Waals surface area contributed by atoms with Gasteiger partial charge in [-0.25, -0.2) is 0 Å². The van der Waals surface area contributed by atoms with E-state index in [1.807, 2.05) is 0 Å². The molecule has 0 bridgehead atoms. The predicted octanol–water partition coefficient (Wildman–Crippen LogP) is 24.6. The van der Waals surface area contributed by atoms with E-state index in [1.165, 1.54) is 193 Å². The molecule has 0 fully saturated rings. The SMILES string of the molecule is CC/C=C\C/C=C\C/C=C\C/C=C\C/C=C\CCCCCCCCCC(=O)OCC(COC(=O)CCCCCCCCCCC/C=C\C/C=C\CCCCC)OC(=O)CCCCCCCCCCCCC/C=C\C/C=C\CCCCCCC. The minimum Gasteiger partial charge on any atom is -0.462 e. The van der Waals surface area contributed by atoms with E-state index in [9.17, 15) is 14.4 Å². The second-order valence-electron chi connectivity index (χ2n) is 23.4. The molecule has 6 heteroatoms. The maximum Gasteiger partial charge on any atom is 0.306 e. The second kappa shape index (κ2) is 70.6. The molecule has 0 aromatic heterocycles. The highest BCUT2D eigenvalue weighted by Crippen LogP contribution is 2.17. The Kier molecular flexibility index (Phi) is 67.2. The summed E-state index contributed by atoms with van der Waals surface area (Å²) in [6.45, 7) is 6.52. The van der Waals surface area contributed by atoms with E-state index >= 15 is 0 Å². The average Bonchev–Trinajstić information content (AvgIpc) is 3.49. The number of esters is 3. The molecule has 1 atom stereocenters. The zero-order valence-corrected chi connectivity index (χ0v) is 54.7. The normalized spacial score (nSPS) is 12.8. The molecule has 0 spiro atoms. The summed E-state index contributed by atoms with van der Waals surface area (Å²) in [6.07, 6.45) is 96.7. The van der Waals surface area contributed by atoms with Crippen molar-refractivity contribution >= 4 is 17.9 Å². The van der Waals surface area contributed by atoms with E-state index < -0.39 is 6.10 Å². The van der Waals surface area contributed by atoms with Gasteiger partial charge in [0.1, 0.15) is 13.2 Å². The summed E-state index contributed by atoms with van der Waals surface area (Å²) in [4.78, 5) is 38.5. The van der Waals surface area contributed by atoms with Crippen molar-refractivity contribution in [3.05, 3.63) is 109 Å². The molecule has 0 aliphatic heterocycles. The molecule has 476 valence electrons. The molecular formula is C77H132O6. The topological polar surface area (TPSA) is 78.9 Å². The molecule has 83 heavy (non-hydrogen) atoms. The predicted molar refractivity (Wildman–Crippen MR) is 362 cm³/mol. The second-order valence-corrected chi connectivity index (χ2v) is 23.4. The van der Waals surface area contributed by atoms with Gasteiger partial charge in [-0.05, 0) is 128 Å². The zero-order chi connectivity index (χ0) is 59.9. The molecule has 0 saturated carbocycles. The highest BCUT2D eigenvalue weighted by atomic mass is 16.6. The van der Waals surface area contributed by atoms with Crippen molar-refractivity contribution in [1.29, 1.82) is 0 Å². The number of ether oxygens (including phenoxy) is 3. The first-order valence-electron chi connectivity index (χ1n) is 35.4. The monoisotopic (exact) mass is 1150 g/mol. The van der Waals surface area contributed by atoms with Gasteiger partial charge in [0.25, 0.3) is 0 Å². The van der Waals surface area contributed by atoms with Crippen molar-refractivity contribution in [2.75, 3.05) is 13.2 Å². The van der Waals surface area contributed by atoms with E-state index in [2.05, 4.69) is 130 Å². The Morgan fingerprint density at radius 3 is 0.759 bits per heavy atom. The third kappa shape index (κ3) is 68.7. The standard InChI is InChI=1S/C77H132O6/c1-4-7-10-13-16-19-22-25-28-31-34-36-38-40-43-46-49-52-55-58-61-64-67-70-76(79)82-73-74(72-81-75(78)69-66-63-60-57-54-51-48-45-42-33-30-27-24-21-18-15-12-9-6-3)83-77(80)71-68-65-62-59-56-53-50-47-44-41-39-37-35-32-29-26-23-20-17-14-11-8-5-2/h7,10,16,18-19,21,23,25-28,30,32,34-36,40,43,74H,4-6,8-9,11-15,17,20,22,24,29,31,33,37-39,41-42,44-73H2,1-3H3/b10-7-,19-16-,21-18-,26-23-,28-25-,30-27-,35-32-,36-34-,43-40-. The van der Waals surface area contributed by atoms with Gasteiger partial charge in [-0.3, -0.25) is 14.4 Å². The molecule has 0 radical (unpaired) electrons. The summed E-state index contributed by atoms with van der Waals surface area (Å²) in [5.74, 6) is -0.887. The lowest BCUT2D eigenvalue weighted by molar-refractivity contribution is -0.167. The number of allylic oxidation sites excluding steroid dienone is 18. The van der Waals surface area contributed by atoms with Gasteiger partial charge in [-0.15, -0.1) is 0 Å². The molecule has 0 aromatic carbocycles. The molecule has 0 heterocycles. The van der Waals surface area contributed by atoms with Crippen LogP contribution in [0.15, 0.2) is 109 Å². The minimum absolute atomic E-state index is 0.0842. The van der Waals surface area contributed by atoms with Gasteiger partial charge < -0.3 is 14.2 Å². The third-order valence-corrected chi connectivity index (χ3v) is 15.2. The van der Waals surface area contributed by atoms with Crippen LogP contribution in [0.5, 0.6) is 0 Å². The number of carbonyl (C=O) groups excluding carboxylic acids is 3. The molecule has 0 aromatic rings. The molecule has 0 aliphatic rings. The first kappa shape index (κ1) is 79.1. The Bertz CT molecular complexity index is 1660. The van der Waals surface area contributed by atoms with Crippen molar-refractivity contribution in [2.24, 2.45) is 0 Å². The van der Waals surface area contributed by atoms with Gasteiger partial charge in [0.05, 0.1) is 0 Å². The van der Waals surface area contributed by atoms with E-state index in [4.69, 9.17) is 14.2 Å². The van der Waals surface area contributed by atoms with Crippen LogP contribution in [0.1, 0.15) is 342 Å². The maximum atomic E-state index is 13.0. The summed E-state index contributed by atoms with van der Waals surface area (Å²) in [7, 11) is 0. The van der Waals surface area contributed by atoms with Crippen LogP contribution in [0, 0.1) is 0 Å². The van der Waals surface area contributed by atoms with Crippen molar-refractivity contribution in [2.45, 2.75) is 348 Å². The lowest BCUT2D eigenvalue weighted by atomic mass is 10.0. The highest BCUT2D eigenvalue weighted by molar-refractivity contribution is 5.71. The lowest BCUT2D eigenvalue weighted by Crippen LogP contribution is -2.30. The third-order valence-electron chi connectivity index (χ3n) is 15.2. The molecule has 0 aliphatic carbocycles. The number of hydrogen-bond acceptors (Lipinski definition) is 6. The molecule has 6 nitrogen and oxygen atoms in total. The van der Waals surface area contributed by atoms with Gasteiger partial charge in [0.2, 0.25) is 0 Å². The van der Waals surface area contributed by atoms with Gasteiger partial charge in [-0.1, -0.05) is 304 Å². The van der Waals surface area contributed by atoms with Crippen LogP contribution in [-0.4, -0.2) is 37.2 Å². The Labute approximate surface area is 514 Å². The number of unbranched alkanes of at least 4 members (excludes halogenated alkanes) is 35. The number of hydrogen-bond donors (Lipinski definition) is 0. The fourth-order valence-electron chi connectivity index (χ4n) is 9.94. The number of rotatable bonds is 64. The number of carbonyl (C=O) groups is 3. The van der Waals surface area contributed by atoms with Gasteiger partial charge in [0.15, 0.2) is 6.10 Å². The quantitative estimate of drug-likeness (QED) is 0.0261. The first-order valence-corrected chi connectivity index (χ1v) is 35.4. The van der Waals surface area contributed by atoms with Crippen LogP contribution in [0.3, 0.4) is 0 Å². The largest absolute Gasteiger partial charge is 0.462 e. The fourth-order valence-corrected chi connectivity index (χ4v) is 9.94. The summed E-state index contributed by atoms with van der Waals surface area (Å²) in [6, 6.07) is 0. The molecular weight excluding hydrogens is 1020 g/mol. The van der Waals surface area contributed by atoms with Crippen molar-refractivity contribution in [3.63, 3.8) is 0 Å².